The van der Waals surface area contributed by atoms with E-state index in [0.29, 0.717) is 17.8 Å². The Kier molecular flexibility index (Phi) is 2.90. The number of hydrogen-bond donors (Lipinski definition) is 1. The molecule has 0 saturated carbocycles. The van der Waals surface area contributed by atoms with Crippen molar-refractivity contribution in [2.24, 2.45) is 0 Å². The first-order valence-corrected chi connectivity index (χ1v) is 3.52. The first-order chi connectivity index (χ1) is 5.72. The highest BCUT2D eigenvalue weighted by molar-refractivity contribution is 5.74. The summed E-state index contributed by atoms with van der Waals surface area (Å²) in [6, 6.07) is 3.26. The van der Waals surface area contributed by atoms with Gasteiger partial charge in [-0.15, -0.1) is 0 Å². The minimum absolute atomic E-state index is 0.321. The Morgan fingerprint density at radius 2 is 2.50 bits per heavy atom. The van der Waals surface area contributed by atoms with Crippen LogP contribution in [0.1, 0.15) is 16.1 Å². The SMILES string of the molecule is CN(O)Cc1cc(C=O)ccn1. The second-order valence-electron chi connectivity index (χ2n) is 2.51. The molecule has 0 atom stereocenters. The number of hydrogen-bond acceptors (Lipinski definition) is 4. The van der Waals surface area contributed by atoms with Crippen LogP contribution in [0.4, 0.5) is 0 Å². The zero-order valence-electron chi connectivity index (χ0n) is 6.77. The molecule has 0 aliphatic heterocycles. The molecule has 4 nitrogen and oxygen atoms in total. The van der Waals surface area contributed by atoms with E-state index in [1.54, 1.807) is 18.3 Å². The van der Waals surface area contributed by atoms with Gasteiger partial charge in [-0.25, -0.2) is 0 Å². The summed E-state index contributed by atoms with van der Waals surface area (Å²) in [6.45, 7) is 0.321. The van der Waals surface area contributed by atoms with Crippen molar-refractivity contribution >= 4 is 6.29 Å². The summed E-state index contributed by atoms with van der Waals surface area (Å²) in [5.74, 6) is 0. The summed E-state index contributed by atoms with van der Waals surface area (Å²) in [6.07, 6.45) is 2.30. The summed E-state index contributed by atoms with van der Waals surface area (Å²) >= 11 is 0. The third-order valence-electron chi connectivity index (χ3n) is 1.37. The van der Waals surface area contributed by atoms with Crippen LogP contribution >= 0.6 is 0 Å². The molecule has 4 heteroatoms. The topological polar surface area (TPSA) is 53.4 Å². The normalized spacial score (nSPS) is 10.2. The van der Waals surface area contributed by atoms with Crippen molar-refractivity contribution in [2.45, 2.75) is 6.54 Å². The molecule has 0 bridgehead atoms. The standard InChI is InChI=1S/C8H10N2O2/c1-10(12)5-8-4-7(6-11)2-3-9-8/h2-4,6,12H,5H2,1H3. The number of nitrogens with zero attached hydrogens (tertiary/aromatic N) is 2. The van der Waals surface area contributed by atoms with Crippen LogP contribution in [-0.2, 0) is 6.54 Å². The second-order valence-corrected chi connectivity index (χ2v) is 2.51. The molecule has 1 aromatic rings. The van der Waals surface area contributed by atoms with Gasteiger partial charge < -0.3 is 5.21 Å². The Labute approximate surface area is 70.4 Å². The fraction of sp³-hybridized carbons (Fsp3) is 0.250. The van der Waals surface area contributed by atoms with Crippen LogP contribution in [0.15, 0.2) is 18.3 Å². The van der Waals surface area contributed by atoms with E-state index in [1.165, 1.54) is 7.05 Å². The number of aromatic nitrogens is 1. The number of hydroxylamine groups is 2. The summed E-state index contributed by atoms with van der Waals surface area (Å²) in [5, 5.41) is 9.89. The third-order valence-corrected chi connectivity index (χ3v) is 1.37. The van der Waals surface area contributed by atoms with Gasteiger partial charge in [-0.05, 0) is 12.1 Å². The summed E-state index contributed by atoms with van der Waals surface area (Å²) in [4.78, 5) is 14.3. The molecule has 0 amide bonds. The number of aldehydes is 1. The molecule has 0 aromatic carbocycles. The fourth-order valence-corrected chi connectivity index (χ4v) is 0.891. The van der Waals surface area contributed by atoms with Crippen LogP contribution in [0.5, 0.6) is 0 Å². The number of rotatable bonds is 3. The highest BCUT2D eigenvalue weighted by Gasteiger charge is 1.98. The van der Waals surface area contributed by atoms with Gasteiger partial charge in [0.15, 0.2) is 0 Å². The van der Waals surface area contributed by atoms with Crippen molar-refractivity contribution in [2.75, 3.05) is 7.05 Å². The maximum Gasteiger partial charge on any atom is 0.150 e. The van der Waals surface area contributed by atoms with Crippen LogP contribution in [0, 0.1) is 0 Å². The van der Waals surface area contributed by atoms with Gasteiger partial charge in [-0.1, -0.05) is 0 Å². The third kappa shape index (κ3) is 2.41. The lowest BCUT2D eigenvalue weighted by Gasteiger charge is -2.06. The van der Waals surface area contributed by atoms with Gasteiger partial charge in [0.05, 0.1) is 12.2 Å². The molecular weight excluding hydrogens is 156 g/mol. The minimum Gasteiger partial charge on any atom is -0.314 e. The van der Waals surface area contributed by atoms with Crippen LogP contribution < -0.4 is 0 Å². The Morgan fingerprint density at radius 1 is 1.75 bits per heavy atom. The van der Waals surface area contributed by atoms with E-state index in [-0.39, 0.29) is 0 Å². The number of carbonyl (C=O) groups excluding carboxylic acids is 1. The van der Waals surface area contributed by atoms with Crippen molar-refractivity contribution in [1.29, 1.82) is 0 Å². The maximum absolute atomic E-state index is 10.3. The Hall–Kier alpha value is -1.26. The molecule has 0 spiro atoms. The molecule has 64 valence electrons. The van der Waals surface area contributed by atoms with Gasteiger partial charge in [0, 0.05) is 18.8 Å². The molecule has 0 aliphatic rings. The maximum atomic E-state index is 10.3. The van der Waals surface area contributed by atoms with E-state index in [1.807, 2.05) is 0 Å². The molecular formula is C8H10N2O2. The summed E-state index contributed by atoms with van der Waals surface area (Å²) in [5.41, 5.74) is 1.24. The van der Waals surface area contributed by atoms with E-state index < -0.39 is 0 Å². The lowest BCUT2D eigenvalue weighted by molar-refractivity contribution is -0.0740. The molecule has 0 aliphatic carbocycles. The zero-order valence-corrected chi connectivity index (χ0v) is 6.77. The zero-order chi connectivity index (χ0) is 8.97. The number of carbonyl (C=O) groups is 1. The van der Waals surface area contributed by atoms with Gasteiger partial charge in [0.2, 0.25) is 0 Å². The lowest BCUT2D eigenvalue weighted by Crippen LogP contribution is -2.12. The minimum atomic E-state index is 0.321. The van der Waals surface area contributed by atoms with Crippen molar-refractivity contribution < 1.29 is 10.0 Å². The van der Waals surface area contributed by atoms with E-state index in [4.69, 9.17) is 5.21 Å². The first kappa shape index (κ1) is 8.83. The molecule has 1 aromatic heterocycles. The molecule has 1 heterocycles. The average Bonchev–Trinajstić information content (AvgIpc) is 2.03. The van der Waals surface area contributed by atoms with E-state index in [0.717, 1.165) is 11.3 Å². The summed E-state index contributed by atoms with van der Waals surface area (Å²) < 4.78 is 0. The Morgan fingerprint density at radius 3 is 3.08 bits per heavy atom. The predicted octanol–water partition coefficient (Wildman–Crippen LogP) is 0.715. The van der Waals surface area contributed by atoms with Gasteiger partial charge in [0.25, 0.3) is 0 Å². The largest absolute Gasteiger partial charge is 0.314 e. The van der Waals surface area contributed by atoms with E-state index in [2.05, 4.69) is 4.98 Å². The van der Waals surface area contributed by atoms with Crippen molar-refractivity contribution in [3.8, 4) is 0 Å². The van der Waals surface area contributed by atoms with E-state index in [9.17, 15) is 4.79 Å². The van der Waals surface area contributed by atoms with Crippen molar-refractivity contribution in [1.82, 2.24) is 10.0 Å². The van der Waals surface area contributed by atoms with Crippen LogP contribution in [0.25, 0.3) is 0 Å². The van der Waals surface area contributed by atoms with Crippen LogP contribution in [0.2, 0.25) is 0 Å². The smallest absolute Gasteiger partial charge is 0.150 e. The van der Waals surface area contributed by atoms with Gasteiger partial charge in [-0.2, -0.15) is 5.06 Å². The Bertz CT molecular complexity index is 274. The van der Waals surface area contributed by atoms with Crippen molar-refractivity contribution in [3.05, 3.63) is 29.6 Å². The van der Waals surface area contributed by atoms with Gasteiger partial charge in [0.1, 0.15) is 6.29 Å². The highest BCUT2D eigenvalue weighted by atomic mass is 16.5. The van der Waals surface area contributed by atoms with Gasteiger partial charge >= 0.3 is 0 Å². The van der Waals surface area contributed by atoms with E-state index >= 15 is 0 Å². The molecule has 0 saturated heterocycles. The fourth-order valence-electron chi connectivity index (χ4n) is 0.891. The molecule has 0 unspecified atom stereocenters. The molecule has 12 heavy (non-hydrogen) atoms. The molecule has 1 rings (SSSR count). The predicted molar refractivity (Wildman–Crippen MR) is 42.9 cm³/mol. The van der Waals surface area contributed by atoms with Gasteiger partial charge in [-0.3, -0.25) is 9.78 Å². The monoisotopic (exact) mass is 166 g/mol. The molecule has 0 fully saturated rings. The Balaban J connectivity index is 2.79. The van der Waals surface area contributed by atoms with Crippen molar-refractivity contribution in [3.63, 3.8) is 0 Å². The first-order valence-electron chi connectivity index (χ1n) is 3.52. The molecule has 1 N–H and O–H groups in total. The lowest BCUT2D eigenvalue weighted by atomic mass is 10.2. The van der Waals surface area contributed by atoms with Crippen LogP contribution in [0.3, 0.4) is 0 Å². The summed E-state index contributed by atoms with van der Waals surface area (Å²) in [7, 11) is 1.52. The molecule has 0 radical (unpaired) electrons. The van der Waals surface area contributed by atoms with Crippen LogP contribution in [-0.4, -0.2) is 28.6 Å². The average molecular weight is 166 g/mol. The number of pyridine rings is 1. The quantitative estimate of drug-likeness (QED) is 0.531. The second kappa shape index (κ2) is 3.94. The highest BCUT2D eigenvalue weighted by Crippen LogP contribution is 2.00.